The highest BCUT2D eigenvalue weighted by molar-refractivity contribution is 6.31. The number of hydrogen-bond donors (Lipinski definition) is 1. The summed E-state index contributed by atoms with van der Waals surface area (Å²) >= 11 is 5.69. The molecule has 0 amide bonds. The van der Waals surface area contributed by atoms with Gasteiger partial charge in [0.05, 0.1) is 18.7 Å². The largest absolute Gasteiger partial charge is 0.465 e. The Hall–Kier alpha value is -2.01. The predicted octanol–water partition coefficient (Wildman–Crippen LogP) is 3.78. The Labute approximate surface area is 120 Å². The van der Waals surface area contributed by atoms with Crippen LogP contribution in [0.25, 0.3) is 0 Å². The van der Waals surface area contributed by atoms with Crippen molar-refractivity contribution in [2.45, 2.75) is 13.5 Å². The first kappa shape index (κ1) is 14.4. The van der Waals surface area contributed by atoms with E-state index in [0.29, 0.717) is 29.3 Å². The van der Waals surface area contributed by atoms with Crippen LogP contribution in [0.3, 0.4) is 0 Å². The number of anilines is 1. The van der Waals surface area contributed by atoms with E-state index in [4.69, 9.17) is 16.0 Å². The molecule has 2 aromatic rings. The molecule has 1 aromatic heterocycles. The molecule has 0 aliphatic heterocycles. The second kappa shape index (κ2) is 5.96. The van der Waals surface area contributed by atoms with Gasteiger partial charge in [-0.1, -0.05) is 11.6 Å². The van der Waals surface area contributed by atoms with Gasteiger partial charge in [0.15, 0.2) is 0 Å². The molecule has 0 saturated carbocycles. The molecule has 0 atom stereocenters. The van der Waals surface area contributed by atoms with Gasteiger partial charge in [0.2, 0.25) is 0 Å². The molecule has 0 saturated heterocycles. The summed E-state index contributed by atoms with van der Waals surface area (Å²) in [6, 6.07) is 5.93. The molecule has 106 valence electrons. The van der Waals surface area contributed by atoms with Crippen LogP contribution >= 0.6 is 11.6 Å². The number of nitrogens with one attached hydrogen (secondary N) is 1. The van der Waals surface area contributed by atoms with Crippen LogP contribution in [0.2, 0.25) is 5.02 Å². The Bertz CT molecular complexity index is 639. The van der Waals surface area contributed by atoms with E-state index in [0.717, 1.165) is 0 Å². The average molecular weight is 298 g/mol. The van der Waals surface area contributed by atoms with Gasteiger partial charge >= 0.3 is 5.97 Å². The Morgan fingerprint density at radius 2 is 2.20 bits per heavy atom. The van der Waals surface area contributed by atoms with Gasteiger partial charge < -0.3 is 14.5 Å². The standard InChI is InChI=1S/C14H13ClFNO3/c1-8-11(14(18)19-2)6-10(20-8)7-17-9-3-4-13(16)12(15)5-9/h3-6,17H,7H2,1-2H3. The van der Waals surface area contributed by atoms with Gasteiger partial charge in [0, 0.05) is 5.69 Å². The fraction of sp³-hybridized carbons (Fsp3) is 0.214. The molecule has 0 spiro atoms. The molecule has 0 aliphatic rings. The van der Waals surface area contributed by atoms with E-state index < -0.39 is 11.8 Å². The zero-order valence-electron chi connectivity index (χ0n) is 11.0. The quantitative estimate of drug-likeness (QED) is 0.873. The first-order valence-electron chi connectivity index (χ1n) is 5.88. The maximum atomic E-state index is 13.0. The van der Waals surface area contributed by atoms with Crippen LogP contribution in [0, 0.1) is 12.7 Å². The highest BCUT2D eigenvalue weighted by Crippen LogP contribution is 2.21. The van der Waals surface area contributed by atoms with Gasteiger partial charge in [0.1, 0.15) is 22.9 Å². The van der Waals surface area contributed by atoms with Gasteiger partial charge in [-0.25, -0.2) is 9.18 Å². The molecule has 1 aromatic carbocycles. The summed E-state index contributed by atoms with van der Waals surface area (Å²) in [7, 11) is 1.31. The first-order valence-corrected chi connectivity index (χ1v) is 6.25. The Balaban J connectivity index is 2.07. The lowest BCUT2D eigenvalue weighted by atomic mass is 10.2. The Morgan fingerprint density at radius 3 is 2.85 bits per heavy atom. The van der Waals surface area contributed by atoms with Crippen molar-refractivity contribution in [3.63, 3.8) is 0 Å². The zero-order chi connectivity index (χ0) is 14.7. The van der Waals surface area contributed by atoms with Gasteiger partial charge in [-0.05, 0) is 31.2 Å². The maximum absolute atomic E-state index is 13.0. The number of furan rings is 1. The van der Waals surface area contributed by atoms with Crippen molar-refractivity contribution in [1.82, 2.24) is 0 Å². The molecule has 4 nitrogen and oxygen atoms in total. The topological polar surface area (TPSA) is 51.5 Å². The summed E-state index contributed by atoms with van der Waals surface area (Å²) in [4.78, 5) is 11.4. The van der Waals surface area contributed by atoms with Crippen molar-refractivity contribution < 1.29 is 18.3 Å². The maximum Gasteiger partial charge on any atom is 0.341 e. The highest BCUT2D eigenvalue weighted by atomic mass is 35.5. The van der Waals surface area contributed by atoms with E-state index in [1.165, 1.54) is 19.2 Å². The highest BCUT2D eigenvalue weighted by Gasteiger charge is 2.15. The normalized spacial score (nSPS) is 10.4. The predicted molar refractivity (Wildman–Crippen MR) is 73.5 cm³/mol. The Kier molecular flexibility index (Phi) is 4.29. The van der Waals surface area contributed by atoms with E-state index >= 15 is 0 Å². The minimum Gasteiger partial charge on any atom is -0.465 e. The molecule has 0 bridgehead atoms. The molecule has 1 heterocycles. The van der Waals surface area contributed by atoms with E-state index in [1.54, 1.807) is 19.1 Å². The fourth-order valence-corrected chi connectivity index (χ4v) is 1.92. The SMILES string of the molecule is COC(=O)c1cc(CNc2ccc(F)c(Cl)c2)oc1C. The minimum atomic E-state index is -0.473. The molecule has 0 fully saturated rings. The molecule has 0 radical (unpaired) electrons. The third-order valence-corrected chi connectivity index (χ3v) is 3.05. The summed E-state index contributed by atoms with van der Waals surface area (Å²) in [6.07, 6.45) is 0. The van der Waals surface area contributed by atoms with E-state index in [1.807, 2.05) is 0 Å². The smallest absolute Gasteiger partial charge is 0.341 e. The number of aryl methyl sites for hydroxylation is 1. The van der Waals surface area contributed by atoms with Gasteiger partial charge in [0.25, 0.3) is 0 Å². The minimum absolute atomic E-state index is 0.0425. The summed E-state index contributed by atoms with van der Waals surface area (Å²) < 4.78 is 23.1. The number of carbonyl (C=O) groups is 1. The number of hydrogen-bond acceptors (Lipinski definition) is 4. The number of halogens is 2. The second-order valence-electron chi connectivity index (χ2n) is 4.16. The third-order valence-electron chi connectivity index (χ3n) is 2.76. The number of rotatable bonds is 4. The fourth-order valence-electron chi connectivity index (χ4n) is 1.74. The molecular weight excluding hydrogens is 285 g/mol. The van der Waals surface area contributed by atoms with Crippen LogP contribution in [0.1, 0.15) is 21.9 Å². The van der Waals surface area contributed by atoms with E-state index in [-0.39, 0.29) is 5.02 Å². The second-order valence-corrected chi connectivity index (χ2v) is 4.56. The number of ether oxygens (including phenoxy) is 1. The van der Waals surface area contributed by atoms with Crippen molar-refractivity contribution in [2.24, 2.45) is 0 Å². The first-order chi connectivity index (χ1) is 9.51. The monoisotopic (exact) mass is 297 g/mol. The van der Waals surface area contributed by atoms with Crippen molar-refractivity contribution in [2.75, 3.05) is 12.4 Å². The van der Waals surface area contributed by atoms with Crippen LogP contribution in [0.4, 0.5) is 10.1 Å². The van der Waals surface area contributed by atoms with Crippen molar-refractivity contribution >= 4 is 23.3 Å². The molecule has 20 heavy (non-hydrogen) atoms. The lowest BCUT2D eigenvalue weighted by Crippen LogP contribution is -2.01. The third kappa shape index (κ3) is 3.11. The molecule has 6 heteroatoms. The summed E-state index contributed by atoms with van der Waals surface area (Å²) in [5.41, 5.74) is 1.05. The summed E-state index contributed by atoms with van der Waals surface area (Å²) in [6.45, 7) is 2.03. The summed E-state index contributed by atoms with van der Waals surface area (Å²) in [5, 5.41) is 3.07. The summed E-state index contributed by atoms with van der Waals surface area (Å²) in [5.74, 6) is 0.149. The zero-order valence-corrected chi connectivity index (χ0v) is 11.8. The number of benzene rings is 1. The van der Waals surface area contributed by atoms with Crippen LogP contribution in [0.5, 0.6) is 0 Å². The van der Waals surface area contributed by atoms with Crippen LogP contribution in [-0.2, 0) is 11.3 Å². The van der Waals surface area contributed by atoms with Crippen LogP contribution in [0.15, 0.2) is 28.7 Å². The Morgan fingerprint density at radius 1 is 1.45 bits per heavy atom. The number of esters is 1. The molecule has 1 N–H and O–H groups in total. The number of methoxy groups -OCH3 is 1. The van der Waals surface area contributed by atoms with Crippen molar-refractivity contribution in [1.29, 1.82) is 0 Å². The average Bonchev–Trinajstić information content (AvgIpc) is 2.80. The lowest BCUT2D eigenvalue weighted by molar-refractivity contribution is 0.0599. The van der Waals surface area contributed by atoms with Crippen molar-refractivity contribution in [3.8, 4) is 0 Å². The molecule has 0 unspecified atom stereocenters. The van der Waals surface area contributed by atoms with Crippen LogP contribution in [-0.4, -0.2) is 13.1 Å². The van der Waals surface area contributed by atoms with E-state index in [2.05, 4.69) is 10.1 Å². The van der Waals surface area contributed by atoms with Gasteiger partial charge in [-0.3, -0.25) is 0 Å². The van der Waals surface area contributed by atoms with Gasteiger partial charge in [-0.15, -0.1) is 0 Å². The molecule has 2 rings (SSSR count). The number of carbonyl (C=O) groups excluding carboxylic acids is 1. The lowest BCUT2D eigenvalue weighted by Gasteiger charge is -2.05. The van der Waals surface area contributed by atoms with Gasteiger partial charge in [-0.2, -0.15) is 0 Å². The molecular formula is C14H13ClFNO3. The van der Waals surface area contributed by atoms with Crippen LogP contribution < -0.4 is 5.32 Å². The molecule has 0 aliphatic carbocycles. The van der Waals surface area contributed by atoms with Crippen molar-refractivity contribution in [3.05, 3.63) is 52.2 Å². The van der Waals surface area contributed by atoms with E-state index in [9.17, 15) is 9.18 Å².